The van der Waals surface area contributed by atoms with Crippen LogP contribution in [0.2, 0.25) is 0 Å². The smallest absolute Gasteiger partial charge is 0.337 e. The van der Waals surface area contributed by atoms with Gasteiger partial charge in [0, 0.05) is 10.8 Å². The van der Waals surface area contributed by atoms with E-state index < -0.39 is 21.0 Å². The van der Waals surface area contributed by atoms with Crippen molar-refractivity contribution in [2.75, 3.05) is 16.2 Å². The number of nitrogen functional groups attached to an aromatic ring is 1. The van der Waals surface area contributed by atoms with E-state index in [0.29, 0.717) is 22.4 Å². The van der Waals surface area contributed by atoms with Gasteiger partial charge in [0.2, 0.25) is 0 Å². The van der Waals surface area contributed by atoms with Gasteiger partial charge in [-0.15, -0.1) is 0 Å². The fourth-order valence-corrected chi connectivity index (χ4v) is 4.71. The van der Waals surface area contributed by atoms with Crippen molar-refractivity contribution in [3.05, 3.63) is 96.6 Å². The number of carboxylic acid groups (broad SMARTS) is 1. The second-order valence-corrected chi connectivity index (χ2v) is 9.76. The number of nitrogens with one attached hydrogen (secondary N) is 1. The van der Waals surface area contributed by atoms with Crippen LogP contribution in [0.15, 0.2) is 95.9 Å². The monoisotopic (exact) mass is 515 g/mol. The van der Waals surface area contributed by atoms with E-state index in [1.54, 1.807) is 36.4 Å². The number of carbonyl (C=O) groups is 1. The third-order valence-corrected chi connectivity index (χ3v) is 6.87. The lowest BCUT2D eigenvalue weighted by Crippen LogP contribution is -2.27. The Morgan fingerprint density at radius 2 is 1.54 bits per heavy atom. The van der Waals surface area contributed by atoms with Gasteiger partial charge in [0.25, 0.3) is 10.1 Å². The topological polar surface area (TPSA) is 153 Å². The van der Waals surface area contributed by atoms with Crippen molar-refractivity contribution in [1.29, 1.82) is 0 Å². The Balaban J connectivity index is 1.80. The molecule has 186 valence electrons. The van der Waals surface area contributed by atoms with E-state index in [2.05, 4.69) is 5.43 Å². The van der Waals surface area contributed by atoms with E-state index in [9.17, 15) is 28.0 Å². The first kappa shape index (κ1) is 23.9. The number of fused-ring (bicyclic) bond motifs is 2. The number of aromatic carboxylic acids is 1. The highest BCUT2D eigenvalue weighted by molar-refractivity contribution is 7.85. The van der Waals surface area contributed by atoms with Gasteiger partial charge >= 0.3 is 5.97 Å². The van der Waals surface area contributed by atoms with E-state index >= 15 is 0 Å². The minimum absolute atomic E-state index is 0.00844. The number of carboxylic acids is 1. The first-order chi connectivity index (χ1) is 17.6. The van der Waals surface area contributed by atoms with E-state index in [1.165, 1.54) is 11.1 Å². The summed E-state index contributed by atoms with van der Waals surface area (Å²) in [6.45, 7) is 0. The van der Waals surface area contributed by atoms with E-state index in [-0.39, 0.29) is 17.0 Å². The van der Waals surface area contributed by atoms with Crippen LogP contribution < -0.4 is 16.2 Å². The fraction of sp³-hybridized carbons (Fsp3) is 0. The zero-order chi connectivity index (χ0) is 26.3. The van der Waals surface area contributed by atoms with Gasteiger partial charge in [-0.25, -0.2) is 4.79 Å². The molecule has 9 nitrogen and oxygen atoms in total. The zero-order valence-corrected chi connectivity index (χ0v) is 20.0. The minimum Gasteiger partial charge on any atom is -0.507 e. The normalized spacial score (nSPS) is 11.5. The summed E-state index contributed by atoms with van der Waals surface area (Å²) in [5, 5.41) is 24.6. The number of hydrogen-bond acceptors (Lipinski definition) is 7. The maximum Gasteiger partial charge on any atom is 0.337 e. The molecule has 6 N–H and O–H groups in total. The molecule has 37 heavy (non-hydrogen) atoms. The lowest BCUT2D eigenvalue weighted by Gasteiger charge is -2.29. The second kappa shape index (κ2) is 9.01. The Bertz CT molecular complexity index is 1800. The second-order valence-electron chi connectivity index (χ2n) is 8.34. The number of hydrazine groups is 1. The molecule has 0 radical (unpaired) electrons. The largest absolute Gasteiger partial charge is 0.507 e. The number of phenolic OH excluding ortho intramolecular Hbond substituents is 1. The lowest BCUT2D eigenvalue weighted by atomic mass is 10.1. The number of hydrogen-bond donors (Lipinski definition) is 5. The van der Waals surface area contributed by atoms with Gasteiger partial charge in [0.1, 0.15) is 5.75 Å². The van der Waals surface area contributed by atoms with Crippen LogP contribution in [0.5, 0.6) is 5.75 Å². The molecule has 0 saturated heterocycles. The van der Waals surface area contributed by atoms with E-state index in [1.807, 2.05) is 30.3 Å². The summed E-state index contributed by atoms with van der Waals surface area (Å²) in [5.41, 5.74) is 10.3. The molecule has 0 aliphatic heterocycles. The maximum absolute atomic E-state index is 12.2. The molecular formula is C27H21N3O6S. The molecule has 0 unspecified atom stereocenters. The predicted molar refractivity (Wildman–Crippen MR) is 143 cm³/mol. The molecule has 0 spiro atoms. The Hall–Kier alpha value is -4.80. The van der Waals surface area contributed by atoms with Crippen LogP contribution in [0, 0.1) is 0 Å². The molecule has 0 aliphatic rings. The van der Waals surface area contributed by atoms with Crippen molar-refractivity contribution in [3.63, 3.8) is 0 Å². The molecule has 0 saturated carbocycles. The maximum atomic E-state index is 12.2. The number of anilines is 4. The first-order valence-electron chi connectivity index (χ1n) is 11.0. The number of benzene rings is 5. The van der Waals surface area contributed by atoms with Gasteiger partial charge in [-0.05, 0) is 53.2 Å². The lowest BCUT2D eigenvalue weighted by molar-refractivity contribution is 0.0697. The number of nitrogens with zero attached hydrogens (tertiary/aromatic N) is 1. The summed E-state index contributed by atoms with van der Waals surface area (Å²) < 4.78 is 33.6. The third kappa shape index (κ3) is 4.46. The Morgan fingerprint density at radius 1 is 0.838 bits per heavy atom. The van der Waals surface area contributed by atoms with Gasteiger partial charge in [0.15, 0.2) is 0 Å². The van der Waals surface area contributed by atoms with Crippen LogP contribution in [-0.4, -0.2) is 29.2 Å². The van der Waals surface area contributed by atoms with Crippen LogP contribution in [0.1, 0.15) is 10.4 Å². The first-order valence-corrected chi connectivity index (χ1v) is 12.5. The highest BCUT2D eigenvalue weighted by Crippen LogP contribution is 2.38. The Kier molecular flexibility index (Phi) is 5.82. The fourth-order valence-electron chi connectivity index (χ4n) is 4.21. The third-order valence-electron chi connectivity index (χ3n) is 6.02. The molecule has 0 amide bonds. The van der Waals surface area contributed by atoms with E-state index in [4.69, 9.17) is 5.73 Å². The summed E-state index contributed by atoms with van der Waals surface area (Å²) >= 11 is 0. The minimum atomic E-state index is -4.65. The predicted octanol–water partition coefficient (Wildman–Crippen LogP) is 5.39. The molecule has 0 fully saturated rings. The Labute approximate surface area is 211 Å². The van der Waals surface area contributed by atoms with Gasteiger partial charge in [-0.1, -0.05) is 48.5 Å². The average molecular weight is 516 g/mol. The van der Waals surface area contributed by atoms with Crippen LogP contribution in [0.25, 0.3) is 21.5 Å². The summed E-state index contributed by atoms with van der Waals surface area (Å²) in [6, 6.07) is 24.2. The summed E-state index contributed by atoms with van der Waals surface area (Å²) in [5.74, 6) is -1.31. The molecule has 0 atom stereocenters. The quantitative estimate of drug-likeness (QED) is 0.114. The molecule has 0 aliphatic carbocycles. The molecular weight excluding hydrogens is 494 g/mol. The SMILES string of the molecule is Nc1ccc2ccccc2c1NN(c1ccc2cccc(O)c2c1)c1cc(S(=O)(=O)O)ccc1C(=O)O. The summed E-state index contributed by atoms with van der Waals surface area (Å²) in [7, 11) is -4.65. The van der Waals surface area contributed by atoms with Crippen LogP contribution in [-0.2, 0) is 10.1 Å². The molecule has 5 rings (SSSR count). The van der Waals surface area contributed by atoms with Crippen LogP contribution in [0.4, 0.5) is 22.7 Å². The highest BCUT2D eigenvalue weighted by Gasteiger charge is 2.23. The highest BCUT2D eigenvalue weighted by atomic mass is 32.2. The standard InChI is InChI=1S/C27H21N3O6S/c28-23-13-9-16-4-1-2-6-20(16)26(23)29-30(18-10-8-17-5-3-7-25(31)22(17)14-18)24-15-19(37(34,35)36)11-12-21(24)27(32)33/h1-15,29,31H,28H2,(H,32,33)(H,34,35,36). The number of aromatic hydroxyl groups is 1. The molecule has 0 bridgehead atoms. The zero-order valence-electron chi connectivity index (χ0n) is 19.2. The summed E-state index contributed by atoms with van der Waals surface area (Å²) in [4.78, 5) is 11.7. The van der Waals surface area contributed by atoms with E-state index in [0.717, 1.165) is 34.4 Å². The number of rotatable bonds is 6. The average Bonchev–Trinajstić information content (AvgIpc) is 2.87. The van der Waals surface area contributed by atoms with Crippen LogP contribution >= 0.6 is 0 Å². The van der Waals surface area contributed by atoms with Gasteiger partial charge < -0.3 is 15.9 Å². The number of phenols is 1. The van der Waals surface area contributed by atoms with Crippen molar-refractivity contribution in [1.82, 2.24) is 0 Å². The van der Waals surface area contributed by atoms with Crippen molar-refractivity contribution in [3.8, 4) is 5.75 Å². The van der Waals surface area contributed by atoms with Crippen molar-refractivity contribution in [2.45, 2.75) is 4.90 Å². The Morgan fingerprint density at radius 3 is 2.30 bits per heavy atom. The van der Waals surface area contributed by atoms with Crippen molar-refractivity contribution < 1.29 is 28.0 Å². The molecule has 0 aromatic heterocycles. The van der Waals surface area contributed by atoms with Gasteiger partial charge in [-0.2, -0.15) is 8.42 Å². The van der Waals surface area contributed by atoms with Gasteiger partial charge in [-0.3, -0.25) is 15.0 Å². The van der Waals surface area contributed by atoms with Gasteiger partial charge in [0.05, 0.1) is 33.2 Å². The number of nitrogens with two attached hydrogens (primary N) is 1. The molecule has 5 aromatic carbocycles. The van der Waals surface area contributed by atoms with Crippen LogP contribution in [0.3, 0.4) is 0 Å². The van der Waals surface area contributed by atoms with Crippen molar-refractivity contribution >= 4 is 60.4 Å². The molecule has 5 aromatic rings. The van der Waals surface area contributed by atoms with Crippen molar-refractivity contribution in [2.24, 2.45) is 0 Å². The molecule has 0 heterocycles. The summed E-state index contributed by atoms with van der Waals surface area (Å²) in [6.07, 6.45) is 0. The molecule has 10 heteroatoms.